The summed E-state index contributed by atoms with van der Waals surface area (Å²) in [6.07, 6.45) is 0.986. The number of aromatic amines is 1. The van der Waals surface area contributed by atoms with E-state index in [4.69, 9.17) is 11.6 Å². The van der Waals surface area contributed by atoms with E-state index in [0.717, 1.165) is 25.1 Å². The van der Waals surface area contributed by atoms with Crippen molar-refractivity contribution in [1.82, 2.24) is 9.88 Å². The molecule has 3 aromatic rings. The summed E-state index contributed by atoms with van der Waals surface area (Å²) in [4.78, 5) is 17.6. The molecular weight excluding hydrogens is 339 g/mol. The lowest BCUT2D eigenvalue weighted by Crippen LogP contribution is -2.25. The van der Waals surface area contributed by atoms with Crippen molar-refractivity contribution in [2.24, 2.45) is 0 Å². The van der Waals surface area contributed by atoms with E-state index in [1.54, 1.807) is 18.2 Å². The number of hydrogen-bond donors (Lipinski definition) is 1. The minimum Gasteiger partial charge on any atom is -0.355 e. The quantitative estimate of drug-likeness (QED) is 0.691. The first-order valence-electron chi connectivity index (χ1n) is 8.34. The topological polar surface area (TPSA) is 36.1 Å². The molecular formula is C20H20ClFN2O. The van der Waals surface area contributed by atoms with Crippen LogP contribution in [0.5, 0.6) is 0 Å². The van der Waals surface area contributed by atoms with E-state index in [1.807, 2.05) is 24.3 Å². The number of pyridine rings is 1. The van der Waals surface area contributed by atoms with Crippen LogP contribution in [-0.4, -0.2) is 16.4 Å². The van der Waals surface area contributed by atoms with E-state index < -0.39 is 5.82 Å². The van der Waals surface area contributed by atoms with Crippen LogP contribution in [0.15, 0.2) is 53.3 Å². The van der Waals surface area contributed by atoms with E-state index in [1.165, 1.54) is 6.07 Å². The predicted molar refractivity (Wildman–Crippen MR) is 100 cm³/mol. The Hall–Kier alpha value is -2.17. The largest absolute Gasteiger partial charge is 0.355 e. The SMILES string of the molecule is CCCN(Cc1ccc(Cl)cc1)Cc1cc(=O)c2cccc(F)c2[nH]1. The Kier molecular flexibility index (Phi) is 5.51. The fraction of sp³-hybridized carbons (Fsp3) is 0.250. The highest BCUT2D eigenvalue weighted by Gasteiger charge is 2.10. The first kappa shape index (κ1) is 17.6. The zero-order valence-corrected chi connectivity index (χ0v) is 14.8. The van der Waals surface area contributed by atoms with E-state index in [2.05, 4.69) is 16.8 Å². The number of nitrogens with one attached hydrogen (secondary N) is 1. The van der Waals surface area contributed by atoms with Gasteiger partial charge in [0, 0.05) is 35.3 Å². The lowest BCUT2D eigenvalue weighted by Gasteiger charge is -2.22. The fourth-order valence-electron chi connectivity index (χ4n) is 2.99. The lowest BCUT2D eigenvalue weighted by atomic mass is 10.1. The molecule has 0 spiro atoms. The van der Waals surface area contributed by atoms with Gasteiger partial charge in [-0.25, -0.2) is 4.39 Å². The van der Waals surface area contributed by atoms with Gasteiger partial charge in [-0.05, 0) is 42.8 Å². The number of hydrogen-bond acceptors (Lipinski definition) is 2. The second kappa shape index (κ2) is 7.81. The van der Waals surface area contributed by atoms with Crippen molar-refractivity contribution < 1.29 is 4.39 Å². The van der Waals surface area contributed by atoms with Gasteiger partial charge in [0.15, 0.2) is 5.43 Å². The summed E-state index contributed by atoms with van der Waals surface area (Å²) in [6, 6.07) is 13.8. The fourth-order valence-corrected chi connectivity index (χ4v) is 3.12. The number of para-hydroxylation sites is 1. The summed E-state index contributed by atoms with van der Waals surface area (Å²) < 4.78 is 14.0. The van der Waals surface area contributed by atoms with Crippen molar-refractivity contribution in [1.29, 1.82) is 0 Å². The number of aromatic nitrogens is 1. The Morgan fingerprint density at radius 2 is 1.88 bits per heavy atom. The summed E-state index contributed by atoms with van der Waals surface area (Å²) in [5.41, 5.74) is 1.97. The molecule has 0 unspecified atom stereocenters. The van der Waals surface area contributed by atoms with Gasteiger partial charge in [0.2, 0.25) is 0 Å². The third-order valence-electron chi connectivity index (χ3n) is 4.12. The molecule has 1 aromatic heterocycles. The smallest absolute Gasteiger partial charge is 0.189 e. The van der Waals surface area contributed by atoms with Crippen LogP contribution in [0.3, 0.4) is 0 Å². The number of rotatable bonds is 6. The van der Waals surface area contributed by atoms with Crippen molar-refractivity contribution >= 4 is 22.5 Å². The molecule has 1 heterocycles. The Morgan fingerprint density at radius 1 is 1.12 bits per heavy atom. The minimum atomic E-state index is -0.406. The summed E-state index contributed by atoms with van der Waals surface area (Å²) in [5, 5.41) is 1.09. The van der Waals surface area contributed by atoms with E-state index in [9.17, 15) is 9.18 Å². The van der Waals surface area contributed by atoms with Gasteiger partial charge >= 0.3 is 0 Å². The summed E-state index contributed by atoms with van der Waals surface area (Å²) >= 11 is 5.94. The molecule has 0 fully saturated rings. The molecule has 0 bridgehead atoms. The van der Waals surface area contributed by atoms with E-state index >= 15 is 0 Å². The molecule has 0 radical (unpaired) electrons. The molecule has 0 atom stereocenters. The predicted octanol–water partition coefficient (Wildman–Crippen LogP) is 4.73. The molecule has 5 heteroatoms. The molecule has 0 saturated heterocycles. The van der Waals surface area contributed by atoms with Crippen LogP contribution in [-0.2, 0) is 13.1 Å². The Labute approximate surface area is 151 Å². The Balaban J connectivity index is 1.86. The van der Waals surface area contributed by atoms with Crippen LogP contribution in [0.4, 0.5) is 4.39 Å². The van der Waals surface area contributed by atoms with Gasteiger partial charge in [-0.15, -0.1) is 0 Å². The van der Waals surface area contributed by atoms with Crippen LogP contribution < -0.4 is 5.43 Å². The number of H-pyrrole nitrogens is 1. The van der Waals surface area contributed by atoms with Crippen LogP contribution in [0.2, 0.25) is 5.02 Å². The minimum absolute atomic E-state index is 0.161. The summed E-state index contributed by atoms with van der Waals surface area (Å²) in [7, 11) is 0. The van der Waals surface area contributed by atoms with Crippen molar-refractivity contribution in [3.05, 3.63) is 80.9 Å². The summed E-state index contributed by atoms with van der Waals surface area (Å²) in [6.45, 7) is 4.27. The average Bonchev–Trinajstić information content (AvgIpc) is 2.58. The molecule has 130 valence electrons. The average molecular weight is 359 g/mol. The third kappa shape index (κ3) is 4.27. The zero-order valence-electron chi connectivity index (χ0n) is 14.1. The molecule has 1 N–H and O–H groups in total. The summed E-state index contributed by atoms with van der Waals surface area (Å²) in [5.74, 6) is -0.406. The zero-order chi connectivity index (χ0) is 17.8. The highest BCUT2D eigenvalue weighted by Crippen LogP contribution is 2.16. The number of benzene rings is 2. The molecule has 2 aromatic carbocycles. The maximum atomic E-state index is 14.0. The van der Waals surface area contributed by atoms with Crippen molar-refractivity contribution in [3.63, 3.8) is 0 Å². The monoisotopic (exact) mass is 358 g/mol. The van der Waals surface area contributed by atoms with Gasteiger partial charge in [-0.2, -0.15) is 0 Å². The van der Waals surface area contributed by atoms with Gasteiger partial charge in [0.25, 0.3) is 0 Å². The molecule has 0 amide bonds. The first-order valence-corrected chi connectivity index (χ1v) is 8.72. The highest BCUT2D eigenvalue weighted by atomic mass is 35.5. The van der Waals surface area contributed by atoms with Gasteiger partial charge < -0.3 is 4.98 Å². The van der Waals surface area contributed by atoms with Gasteiger partial charge in [-0.1, -0.05) is 36.7 Å². The first-order chi connectivity index (χ1) is 12.1. The normalized spacial score (nSPS) is 11.4. The maximum absolute atomic E-state index is 14.0. The third-order valence-corrected chi connectivity index (χ3v) is 4.38. The Bertz CT molecular complexity index is 921. The van der Waals surface area contributed by atoms with E-state index in [-0.39, 0.29) is 10.9 Å². The standard InChI is InChI=1S/C20H20ClFN2O/c1-2-10-24(12-14-6-8-15(21)9-7-14)13-16-11-19(25)17-4-3-5-18(22)20(17)23-16/h3-9,11H,2,10,12-13H2,1H3,(H,23,25). The molecule has 0 saturated carbocycles. The van der Waals surface area contributed by atoms with Crippen LogP contribution in [0.1, 0.15) is 24.6 Å². The molecule has 0 aliphatic heterocycles. The number of halogens is 2. The van der Waals surface area contributed by atoms with Gasteiger partial charge in [0.1, 0.15) is 5.82 Å². The second-order valence-electron chi connectivity index (χ2n) is 6.16. The van der Waals surface area contributed by atoms with Crippen LogP contribution in [0.25, 0.3) is 10.9 Å². The molecule has 0 aliphatic rings. The second-order valence-corrected chi connectivity index (χ2v) is 6.59. The van der Waals surface area contributed by atoms with Crippen molar-refractivity contribution in [3.8, 4) is 0 Å². The maximum Gasteiger partial charge on any atom is 0.189 e. The van der Waals surface area contributed by atoms with Gasteiger partial charge in [-0.3, -0.25) is 9.69 Å². The van der Waals surface area contributed by atoms with Crippen LogP contribution in [0, 0.1) is 5.82 Å². The molecule has 25 heavy (non-hydrogen) atoms. The Morgan fingerprint density at radius 3 is 2.60 bits per heavy atom. The van der Waals surface area contributed by atoms with Crippen LogP contribution >= 0.6 is 11.6 Å². The molecule has 3 rings (SSSR count). The van der Waals surface area contributed by atoms with E-state index in [0.29, 0.717) is 22.6 Å². The molecule has 0 aliphatic carbocycles. The highest BCUT2D eigenvalue weighted by molar-refractivity contribution is 6.30. The van der Waals surface area contributed by atoms with Crippen molar-refractivity contribution in [2.75, 3.05) is 6.54 Å². The lowest BCUT2D eigenvalue weighted by molar-refractivity contribution is 0.254. The number of fused-ring (bicyclic) bond motifs is 1. The van der Waals surface area contributed by atoms with Gasteiger partial charge in [0.05, 0.1) is 5.52 Å². The van der Waals surface area contributed by atoms with Crippen molar-refractivity contribution in [2.45, 2.75) is 26.4 Å². The molecule has 3 nitrogen and oxygen atoms in total. The number of nitrogens with zero attached hydrogens (tertiary/aromatic N) is 1.